The van der Waals surface area contributed by atoms with Crippen LogP contribution in [0.25, 0.3) is 0 Å². The predicted octanol–water partition coefficient (Wildman–Crippen LogP) is 4.96. The van der Waals surface area contributed by atoms with E-state index in [1.807, 2.05) is 32.9 Å². The summed E-state index contributed by atoms with van der Waals surface area (Å²) in [4.78, 5) is 22.2. The van der Waals surface area contributed by atoms with Crippen molar-refractivity contribution in [1.82, 2.24) is 0 Å². The van der Waals surface area contributed by atoms with Crippen molar-refractivity contribution >= 4 is 11.8 Å². The number of hydrogen-bond acceptors (Lipinski definition) is 2. The number of carboxylic acid groups (broad SMARTS) is 1. The van der Waals surface area contributed by atoms with Gasteiger partial charge < -0.3 is 5.11 Å². The van der Waals surface area contributed by atoms with Crippen molar-refractivity contribution in [2.75, 3.05) is 0 Å². The van der Waals surface area contributed by atoms with Gasteiger partial charge in [0, 0.05) is 12.0 Å². The maximum atomic E-state index is 11.8. The topological polar surface area (TPSA) is 54.4 Å². The van der Waals surface area contributed by atoms with Crippen molar-refractivity contribution in [2.45, 2.75) is 47.5 Å². The third-order valence-electron chi connectivity index (χ3n) is 3.74. The molecule has 0 heterocycles. The molecule has 24 heavy (non-hydrogen) atoms. The van der Waals surface area contributed by atoms with Crippen molar-refractivity contribution in [3.05, 3.63) is 69.8 Å². The average molecular weight is 326 g/mol. The molecule has 2 aromatic rings. The zero-order chi connectivity index (χ0) is 18.3. The summed E-state index contributed by atoms with van der Waals surface area (Å²) < 4.78 is 0. The molecule has 2 rings (SSSR count). The van der Waals surface area contributed by atoms with Gasteiger partial charge >= 0.3 is 5.97 Å². The third-order valence-corrected chi connectivity index (χ3v) is 3.74. The molecule has 0 aromatic heterocycles. The van der Waals surface area contributed by atoms with Crippen LogP contribution in [0.5, 0.6) is 0 Å². The van der Waals surface area contributed by atoms with Gasteiger partial charge in [0.15, 0.2) is 5.78 Å². The van der Waals surface area contributed by atoms with Gasteiger partial charge in [-0.25, -0.2) is 0 Å². The van der Waals surface area contributed by atoms with Crippen molar-refractivity contribution in [1.29, 1.82) is 0 Å². The van der Waals surface area contributed by atoms with Crippen LogP contribution >= 0.6 is 0 Å². The number of hydrogen-bond donors (Lipinski definition) is 1. The van der Waals surface area contributed by atoms with Crippen LogP contribution in [0.1, 0.15) is 51.0 Å². The van der Waals surface area contributed by atoms with Gasteiger partial charge in [0.05, 0.1) is 6.42 Å². The molecule has 1 N–H and O–H groups in total. The number of aliphatic carboxylic acids is 1. The second kappa shape index (κ2) is 9.02. The van der Waals surface area contributed by atoms with E-state index in [0.29, 0.717) is 5.56 Å². The number of benzene rings is 2. The Hall–Kier alpha value is -2.42. The van der Waals surface area contributed by atoms with Crippen LogP contribution in [0.3, 0.4) is 0 Å². The molecule has 0 unspecified atom stereocenters. The Labute approximate surface area is 144 Å². The fraction of sp³-hybridized carbons (Fsp3) is 0.333. The number of Topliss-reactive ketones (excluding diaryl/α,β-unsaturated/α-hetero) is 1. The first kappa shape index (κ1) is 19.6. The summed E-state index contributed by atoms with van der Waals surface area (Å²) in [7, 11) is 0. The van der Waals surface area contributed by atoms with Gasteiger partial charge in [-0.1, -0.05) is 53.1 Å². The minimum Gasteiger partial charge on any atom is -0.481 e. The van der Waals surface area contributed by atoms with E-state index in [1.54, 1.807) is 0 Å². The van der Waals surface area contributed by atoms with Crippen LogP contribution < -0.4 is 0 Å². The quantitative estimate of drug-likeness (QED) is 0.808. The summed E-state index contributed by atoms with van der Waals surface area (Å²) in [5, 5.41) is 8.54. The zero-order valence-corrected chi connectivity index (χ0v) is 15.1. The van der Waals surface area contributed by atoms with Crippen LogP contribution in [0.15, 0.2) is 36.4 Å². The number of carbonyl (C=O) groups excluding carboxylic acids is 1. The molecule has 3 heteroatoms. The molecule has 128 valence electrons. The molecule has 0 amide bonds. The van der Waals surface area contributed by atoms with Crippen molar-refractivity contribution in [3.8, 4) is 0 Å². The highest BCUT2D eigenvalue weighted by molar-refractivity contribution is 6.00. The molecule has 0 fully saturated rings. The maximum absolute atomic E-state index is 11.8. The second-order valence-electron chi connectivity index (χ2n) is 6.25. The lowest BCUT2D eigenvalue weighted by molar-refractivity contribution is -0.136. The summed E-state index contributed by atoms with van der Waals surface area (Å²) in [6.07, 6.45) is -0.0360. The molecule has 0 radical (unpaired) electrons. The van der Waals surface area contributed by atoms with Crippen LogP contribution in [0.4, 0.5) is 0 Å². The maximum Gasteiger partial charge on any atom is 0.303 e. The van der Waals surface area contributed by atoms with Crippen LogP contribution in [-0.2, 0) is 4.79 Å². The second-order valence-corrected chi connectivity index (χ2v) is 6.25. The highest BCUT2D eigenvalue weighted by atomic mass is 16.4. The van der Waals surface area contributed by atoms with Gasteiger partial charge in [-0.05, 0) is 45.7 Å². The van der Waals surface area contributed by atoms with Crippen molar-refractivity contribution in [2.24, 2.45) is 0 Å². The highest BCUT2D eigenvalue weighted by Gasteiger charge is 2.13. The molecule has 0 saturated heterocycles. The van der Waals surface area contributed by atoms with E-state index >= 15 is 0 Å². The lowest BCUT2D eigenvalue weighted by atomic mass is 9.95. The van der Waals surface area contributed by atoms with E-state index in [1.165, 1.54) is 11.1 Å². The molecule has 2 aromatic carbocycles. The summed E-state index contributed by atoms with van der Waals surface area (Å²) in [6, 6.07) is 12.4. The first-order valence-corrected chi connectivity index (χ1v) is 8.07. The Morgan fingerprint density at radius 3 is 1.54 bits per heavy atom. The summed E-state index contributed by atoms with van der Waals surface area (Å²) >= 11 is 0. The molecular formula is C21H26O3. The van der Waals surface area contributed by atoms with E-state index in [9.17, 15) is 9.59 Å². The number of ketones is 1. The minimum absolute atomic E-state index is 0.0695. The molecule has 0 saturated carbocycles. The van der Waals surface area contributed by atoms with Gasteiger partial charge in [0.1, 0.15) is 0 Å². The van der Waals surface area contributed by atoms with Gasteiger partial charge in [0.25, 0.3) is 0 Å². The van der Waals surface area contributed by atoms with E-state index in [4.69, 9.17) is 5.11 Å². The molecule has 0 spiro atoms. The molecule has 0 aliphatic heterocycles. The Bertz CT molecular complexity index is 668. The number of carbonyl (C=O) groups is 2. The van der Waals surface area contributed by atoms with Gasteiger partial charge in [-0.3, -0.25) is 9.59 Å². The Morgan fingerprint density at radius 2 is 1.17 bits per heavy atom. The van der Waals surface area contributed by atoms with E-state index < -0.39 is 5.97 Å². The van der Waals surface area contributed by atoms with E-state index in [-0.39, 0.29) is 18.6 Å². The number of carboxylic acids is 1. The standard InChI is InChI=1S/C13H16O3.C8H10/c1-8-6-9(2)13(10(3)7-8)11(14)4-5-12(15)16;1-7-3-5-8(2)6-4-7/h6-7H,4-5H2,1-3H3,(H,15,16);3-6H,1-2H3. The van der Waals surface area contributed by atoms with E-state index in [2.05, 4.69) is 38.1 Å². The highest BCUT2D eigenvalue weighted by Crippen LogP contribution is 2.18. The Morgan fingerprint density at radius 1 is 0.750 bits per heavy atom. The van der Waals surface area contributed by atoms with Gasteiger partial charge in [-0.2, -0.15) is 0 Å². The summed E-state index contributed by atoms with van der Waals surface area (Å²) in [5.41, 5.74) is 6.30. The first-order valence-electron chi connectivity index (χ1n) is 8.07. The van der Waals surface area contributed by atoms with Crippen molar-refractivity contribution in [3.63, 3.8) is 0 Å². The normalized spacial score (nSPS) is 9.88. The number of aryl methyl sites for hydroxylation is 5. The molecular weight excluding hydrogens is 300 g/mol. The summed E-state index contributed by atoms with van der Waals surface area (Å²) in [5.74, 6) is -1.02. The molecule has 0 bridgehead atoms. The first-order chi connectivity index (χ1) is 11.2. The fourth-order valence-corrected chi connectivity index (χ4v) is 2.60. The predicted molar refractivity (Wildman–Crippen MR) is 97.8 cm³/mol. The number of rotatable bonds is 4. The van der Waals surface area contributed by atoms with Gasteiger partial charge in [0.2, 0.25) is 0 Å². The third kappa shape index (κ3) is 6.37. The zero-order valence-electron chi connectivity index (χ0n) is 15.1. The molecule has 0 atom stereocenters. The Balaban J connectivity index is 0.000000300. The largest absolute Gasteiger partial charge is 0.481 e. The molecule has 3 nitrogen and oxygen atoms in total. The van der Waals surface area contributed by atoms with Crippen molar-refractivity contribution < 1.29 is 14.7 Å². The van der Waals surface area contributed by atoms with Crippen LogP contribution in [-0.4, -0.2) is 16.9 Å². The SMILES string of the molecule is Cc1cc(C)c(C(=O)CCC(=O)O)c(C)c1.Cc1ccc(C)cc1. The minimum atomic E-state index is -0.934. The molecule has 0 aliphatic carbocycles. The van der Waals surface area contributed by atoms with Gasteiger partial charge in [-0.15, -0.1) is 0 Å². The fourth-order valence-electron chi connectivity index (χ4n) is 2.60. The molecule has 0 aliphatic rings. The lowest BCUT2D eigenvalue weighted by Crippen LogP contribution is -2.07. The monoisotopic (exact) mass is 326 g/mol. The van der Waals surface area contributed by atoms with E-state index in [0.717, 1.165) is 16.7 Å². The Kier molecular flexibility index (Phi) is 7.37. The lowest BCUT2D eigenvalue weighted by Gasteiger charge is -2.09. The average Bonchev–Trinajstić information content (AvgIpc) is 2.48. The summed E-state index contributed by atoms with van der Waals surface area (Å²) in [6.45, 7) is 9.94. The smallest absolute Gasteiger partial charge is 0.303 e. The van der Waals surface area contributed by atoms with Crippen LogP contribution in [0.2, 0.25) is 0 Å². The van der Waals surface area contributed by atoms with Crippen LogP contribution in [0, 0.1) is 34.6 Å².